The van der Waals surface area contributed by atoms with Crippen LogP contribution in [0.4, 0.5) is 0 Å². The maximum Gasteiger partial charge on any atom is 0.0723 e. The van der Waals surface area contributed by atoms with Crippen molar-refractivity contribution >= 4 is 5.57 Å². The number of fused-ring (bicyclic) bond motifs is 1. The molecule has 0 N–H and O–H groups in total. The van der Waals surface area contributed by atoms with Gasteiger partial charge in [-0.2, -0.15) is 0 Å². The molecule has 0 spiro atoms. The van der Waals surface area contributed by atoms with E-state index in [9.17, 15) is 0 Å². The third-order valence-corrected chi connectivity index (χ3v) is 2.56. The molecule has 0 bridgehead atoms. The Labute approximate surface area is 91.1 Å². The number of hydrogen-bond acceptors (Lipinski definition) is 1. The molecule has 0 aliphatic carbocycles. The van der Waals surface area contributed by atoms with Gasteiger partial charge in [0.15, 0.2) is 0 Å². The summed E-state index contributed by atoms with van der Waals surface area (Å²) in [4.78, 5) is 0. The van der Waals surface area contributed by atoms with Crippen molar-refractivity contribution in [2.75, 3.05) is 6.61 Å². The molecule has 0 unspecified atom stereocenters. The third kappa shape index (κ3) is 2.37. The quantitative estimate of drug-likeness (QED) is 0.673. The molecule has 0 radical (unpaired) electrons. The van der Waals surface area contributed by atoms with Gasteiger partial charge in [0, 0.05) is 0 Å². The fraction of sp³-hybridized carbons (Fsp3) is 0.286. The lowest BCUT2D eigenvalue weighted by Crippen LogP contribution is -2.01. The van der Waals surface area contributed by atoms with E-state index in [1.54, 1.807) is 0 Å². The molecule has 0 saturated heterocycles. The molecule has 1 aliphatic rings. The first-order valence-electron chi connectivity index (χ1n) is 5.40. The second-order valence-electron chi connectivity index (χ2n) is 3.66. The van der Waals surface area contributed by atoms with Crippen molar-refractivity contribution in [1.82, 2.24) is 0 Å². The second-order valence-corrected chi connectivity index (χ2v) is 3.66. The third-order valence-electron chi connectivity index (χ3n) is 2.56. The van der Waals surface area contributed by atoms with Gasteiger partial charge < -0.3 is 4.74 Å². The lowest BCUT2D eigenvalue weighted by molar-refractivity contribution is 0.124. The van der Waals surface area contributed by atoms with Crippen LogP contribution in [0.1, 0.15) is 24.5 Å². The van der Waals surface area contributed by atoms with Gasteiger partial charge in [0.05, 0.1) is 13.2 Å². The molecule has 78 valence electrons. The Bertz CT molecular complexity index is 388. The van der Waals surface area contributed by atoms with Crippen LogP contribution in [0.25, 0.3) is 5.57 Å². The van der Waals surface area contributed by atoms with Gasteiger partial charge in [0.2, 0.25) is 0 Å². The summed E-state index contributed by atoms with van der Waals surface area (Å²) in [5, 5.41) is 0. The van der Waals surface area contributed by atoms with Gasteiger partial charge in [-0.1, -0.05) is 42.5 Å². The van der Waals surface area contributed by atoms with Crippen LogP contribution in [0.5, 0.6) is 0 Å². The SMILES string of the molecule is C/C=C/C1=C/CCOCc2ccccc21. The summed E-state index contributed by atoms with van der Waals surface area (Å²) in [5.41, 5.74) is 3.90. The Morgan fingerprint density at radius 2 is 2.13 bits per heavy atom. The van der Waals surface area contributed by atoms with E-state index in [0.717, 1.165) is 19.6 Å². The Balaban J connectivity index is 2.45. The Morgan fingerprint density at radius 3 is 3.00 bits per heavy atom. The van der Waals surface area contributed by atoms with Crippen LogP contribution in [0.3, 0.4) is 0 Å². The van der Waals surface area contributed by atoms with E-state index in [-0.39, 0.29) is 0 Å². The van der Waals surface area contributed by atoms with E-state index in [0.29, 0.717) is 0 Å². The van der Waals surface area contributed by atoms with E-state index in [1.165, 1.54) is 16.7 Å². The molecular formula is C14H16O. The van der Waals surface area contributed by atoms with Crippen LogP contribution in [-0.4, -0.2) is 6.61 Å². The first-order chi connectivity index (χ1) is 7.42. The predicted molar refractivity (Wildman–Crippen MR) is 63.5 cm³/mol. The number of hydrogen-bond donors (Lipinski definition) is 0. The van der Waals surface area contributed by atoms with Gasteiger partial charge in [0.1, 0.15) is 0 Å². The number of rotatable bonds is 1. The van der Waals surface area contributed by atoms with Crippen molar-refractivity contribution in [3.05, 3.63) is 53.6 Å². The summed E-state index contributed by atoms with van der Waals surface area (Å²) in [7, 11) is 0. The minimum absolute atomic E-state index is 0.727. The van der Waals surface area contributed by atoms with Crippen LogP contribution < -0.4 is 0 Å². The minimum atomic E-state index is 0.727. The van der Waals surface area contributed by atoms with Gasteiger partial charge in [-0.3, -0.25) is 0 Å². The summed E-state index contributed by atoms with van der Waals surface area (Å²) in [6, 6.07) is 8.45. The zero-order valence-corrected chi connectivity index (χ0v) is 9.07. The topological polar surface area (TPSA) is 9.23 Å². The van der Waals surface area contributed by atoms with Gasteiger partial charge >= 0.3 is 0 Å². The first-order valence-corrected chi connectivity index (χ1v) is 5.40. The maximum atomic E-state index is 5.56. The average Bonchev–Trinajstić information content (AvgIpc) is 2.24. The Morgan fingerprint density at radius 1 is 1.27 bits per heavy atom. The average molecular weight is 200 g/mol. The molecule has 15 heavy (non-hydrogen) atoms. The standard InChI is InChI=1S/C14H16O/c1-2-6-12-8-5-10-15-11-13-7-3-4-9-14(12)13/h2-4,6-9H,5,10-11H2,1H3/b6-2+,12-8-. The molecule has 1 heteroatoms. The highest BCUT2D eigenvalue weighted by molar-refractivity contribution is 5.76. The van der Waals surface area contributed by atoms with Gasteiger partial charge in [-0.25, -0.2) is 0 Å². The molecule has 1 aliphatic heterocycles. The molecule has 0 saturated carbocycles. The monoisotopic (exact) mass is 200 g/mol. The summed E-state index contributed by atoms with van der Waals surface area (Å²) < 4.78 is 5.56. The fourth-order valence-electron chi connectivity index (χ4n) is 1.86. The zero-order valence-electron chi connectivity index (χ0n) is 9.07. The molecule has 1 nitrogen and oxygen atoms in total. The van der Waals surface area contributed by atoms with Crippen LogP contribution in [0.2, 0.25) is 0 Å². The van der Waals surface area contributed by atoms with E-state index in [4.69, 9.17) is 4.74 Å². The van der Waals surface area contributed by atoms with Crippen molar-refractivity contribution in [2.24, 2.45) is 0 Å². The van der Waals surface area contributed by atoms with Crippen molar-refractivity contribution in [3.8, 4) is 0 Å². The van der Waals surface area contributed by atoms with Crippen LogP contribution in [-0.2, 0) is 11.3 Å². The van der Waals surface area contributed by atoms with E-state index < -0.39 is 0 Å². The lowest BCUT2D eigenvalue weighted by atomic mass is 9.98. The molecular weight excluding hydrogens is 184 g/mol. The molecule has 0 fully saturated rings. The minimum Gasteiger partial charge on any atom is -0.376 e. The van der Waals surface area contributed by atoms with Gasteiger partial charge in [-0.05, 0) is 30.0 Å². The smallest absolute Gasteiger partial charge is 0.0723 e. The van der Waals surface area contributed by atoms with Crippen molar-refractivity contribution in [2.45, 2.75) is 20.0 Å². The van der Waals surface area contributed by atoms with Crippen LogP contribution in [0.15, 0.2) is 42.5 Å². The number of allylic oxidation sites excluding steroid dienone is 3. The molecule has 0 amide bonds. The highest BCUT2D eigenvalue weighted by atomic mass is 16.5. The number of ether oxygens (including phenoxy) is 1. The molecule has 0 atom stereocenters. The van der Waals surface area contributed by atoms with Gasteiger partial charge in [0.25, 0.3) is 0 Å². The highest BCUT2D eigenvalue weighted by Gasteiger charge is 2.07. The molecule has 1 aromatic rings. The maximum absolute atomic E-state index is 5.56. The van der Waals surface area contributed by atoms with Gasteiger partial charge in [-0.15, -0.1) is 0 Å². The normalized spacial score (nSPS) is 20.2. The van der Waals surface area contributed by atoms with Crippen LogP contribution in [0, 0.1) is 0 Å². The van der Waals surface area contributed by atoms with Crippen LogP contribution >= 0.6 is 0 Å². The molecule has 1 heterocycles. The molecule has 0 aromatic heterocycles. The lowest BCUT2D eigenvalue weighted by Gasteiger charge is -2.14. The summed E-state index contributed by atoms with van der Waals surface area (Å²) in [5.74, 6) is 0. The van der Waals surface area contributed by atoms with Crippen molar-refractivity contribution in [1.29, 1.82) is 0 Å². The van der Waals surface area contributed by atoms with Crippen molar-refractivity contribution in [3.63, 3.8) is 0 Å². The Hall–Kier alpha value is -1.34. The fourth-order valence-corrected chi connectivity index (χ4v) is 1.86. The second kappa shape index (κ2) is 4.94. The van der Waals surface area contributed by atoms with E-state index >= 15 is 0 Å². The zero-order chi connectivity index (χ0) is 10.5. The largest absolute Gasteiger partial charge is 0.376 e. The van der Waals surface area contributed by atoms with E-state index in [1.807, 2.05) is 0 Å². The molecule has 2 rings (SSSR count). The summed E-state index contributed by atoms with van der Waals surface area (Å²) in [6.07, 6.45) is 7.50. The van der Waals surface area contributed by atoms with Crippen molar-refractivity contribution < 1.29 is 4.74 Å². The Kier molecular flexibility index (Phi) is 3.36. The molecule has 1 aromatic carbocycles. The predicted octanol–water partition coefficient (Wildman–Crippen LogP) is 3.57. The number of benzene rings is 1. The summed E-state index contributed by atoms with van der Waals surface area (Å²) >= 11 is 0. The van der Waals surface area contributed by atoms with E-state index in [2.05, 4.69) is 49.4 Å². The first kappa shape index (κ1) is 10.2. The highest BCUT2D eigenvalue weighted by Crippen LogP contribution is 2.23. The summed E-state index contributed by atoms with van der Waals surface area (Å²) in [6.45, 7) is 3.60.